The van der Waals surface area contributed by atoms with Gasteiger partial charge in [-0.05, 0) is 68.5 Å². The summed E-state index contributed by atoms with van der Waals surface area (Å²) in [6.45, 7) is 6.04. The number of ether oxygens (including phenoxy) is 1. The number of piperidine rings is 1. The number of hydrogen-bond acceptors (Lipinski definition) is 4. The predicted octanol–water partition coefficient (Wildman–Crippen LogP) is 5.25. The molecule has 0 saturated carbocycles. The van der Waals surface area contributed by atoms with E-state index in [-0.39, 0.29) is 6.42 Å². The van der Waals surface area contributed by atoms with E-state index in [1.54, 1.807) is 36.4 Å². The van der Waals surface area contributed by atoms with Crippen molar-refractivity contribution in [3.05, 3.63) is 54.1 Å². The third-order valence-corrected chi connectivity index (χ3v) is 8.54. The first-order valence-electron chi connectivity index (χ1n) is 14.0. The van der Waals surface area contributed by atoms with Gasteiger partial charge in [0.05, 0.1) is 13.2 Å². The minimum Gasteiger partial charge on any atom is -0.493 e. The molecule has 1 aliphatic carbocycles. The average molecular weight is 549 g/mol. The number of nitrogens with zero attached hydrogens (tertiary/aromatic N) is 2. The number of amides is 1. The van der Waals surface area contributed by atoms with Crippen LogP contribution in [-0.2, 0) is 9.59 Å². The topological polar surface area (TPSA) is 70.1 Å². The van der Waals surface area contributed by atoms with Crippen LogP contribution in [0.1, 0.15) is 57.4 Å². The summed E-state index contributed by atoms with van der Waals surface area (Å²) in [5, 5.41) is 9.42. The molecule has 1 amide bonds. The SMILES string of the molecule is CCC(F)(CC)CN1CCC(COc2ccc(C3C=CC=CC3(F)C(=O)N3CC(F)CC3C(=O)O)cc2)CC1. The van der Waals surface area contributed by atoms with Gasteiger partial charge in [0.25, 0.3) is 5.91 Å². The maximum atomic E-state index is 16.3. The van der Waals surface area contributed by atoms with E-state index in [4.69, 9.17) is 4.74 Å². The molecule has 3 aliphatic rings. The van der Waals surface area contributed by atoms with Gasteiger partial charge in [-0.25, -0.2) is 18.0 Å². The second-order valence-electron chi connectivity index (χ2n) is 11.1. The second-order valence-corrected chi connectivity index (χ2v) is 11.1. The molecule has 4 atom stereocenters. The van der Waals surface area contributed by atoms with E-state index in [0.29, 0.717) is 43.2 Å². The molecule has 39 heavy (non-hydrogen) atoms. The number of carbonyl (C=O) groups excluding carboxylic acids is 1. The zero-order valence-electron chi connectivity index (χ0n) is 22.7. The lowest BCUT2D eigenvalue weighted by Gasteiger charge is -2.36. The van der Waals surface area contributed by atoms with Crippen LogP contribution in [0.2, 0.25) is 0 Å². The molecule has 2 heterocycles. The first kappa shape index (κ1) is 29.2. The monoisotopic (exact) mass is 548 g/mol. The number of carbonyl (C=O) groups is 2. The Balaban J connectivity index is 1.35. The van der Waals surface area contributed by atoms with Crippen LogP contribution >= 0.6 is 0 Å². The number of carboxylic acid groups (broad SMARTS) is 1. The van der Waals surface area contributed by atoms with Crippen LogP contribution in [0.3, 0.4) is 0 Å². The molecule has 2 saturated heterocycles. The number of carboxylic acids is 1. The molecule has 2 fully saturated rings. The van der Waals surface area contributed by atoms with Crippen molar-refractivity contribution < 1.29 is 32.6 Å². The highest BCUT2D eigenvalue weighted by atomic mass is 19.1. The highest BCUT2D eigenvalue weighted by Gasteiger charge is 2.52. The Morgan fingerprint density at radius 3 is 2.41 bits per heavy atom. The normalized spacial score (nSPS) is 28.1. The number of aliphatic carboxylic acids is 1. The van der Waals surface area contributed by atoms with Gasteiger partial charge in [-0.1, -0.05) is 44.2 Å². The van der Waals surface area contributed by atoms with Gasteiger partial charge in [0, 0.05) is 18.9 Å². The van der Waals surface area contributed by atoms with Gasteiger partial charge in [0.1, 0.15) is 23.6 Å². The maximum Gasteiger partial charge on any atom is 0.326 e. The van der Waals surface area contributed by atoms with E-state index in [1.807, 2.05) is 13.8 Å². The molecule has 1 aromatic carbocycles. The minimum atomic E-state index is -2.53. The molecule has 0 aromatic heterocycles. The van der Waals surface area contributed by atoms with Gasteiger partial charge in [-0.2, -0.15) is 0 Å². The van der Waals surface area contributed by atoms with Crippen LogP contribution in [0.4, 0.5) is 13.2 Å². The molecule has 0 radical (unpaired) electrons. The van der Waals surface area contributed by atoms with Crippen LogP contribution in [-0.4, -0.2) is 83.1 Å². The minimum absolute atomic E-state index is 0.347. The number of alkyl halides is 3. The molecule has 0 bridgehead atoms. The van der Waals surface area contributed by atoms with E-state index in [2.05, 4.69) is 4.90 Å². The van der Waals surface area contributed by atoms with Crippen LogP contribution < -0.4 is 4.74 Å². The van der Waals surface area contributed by atoms with Gasteiger partial charge in [0.2, 0.25) is 5.67 Å². The molecule has 4 rings (SSSR count). The summed E-state index contributed by atoms with van der Waals surface area (Å²) in [4.78, 5) is 27.8. The fraction of sp³-hybridized carbons (Fsp3) is 0.600. The molecule has 9 heteroatoms. The van der Waals surface area contributed by atoms with Gasteiger partial charge in [0.15, 0.2) is 0 Å². The van der Waals surface area contributed by atoms with Crippen molar-refractivity contribution in [2.75, 3.05) is 32.8 Å². The fourth-order valence-corrected chi connectivity index (χ4v) is 5.81. The molecule has 1 N–H and O–H groups in total. The molecule has 1 aromatic rings. The highest BCUT2D eigenvalue weighted by molar-refractivity contribution is 5.93. The Morgan fingerprint density at radius 2 is 1.79 bits per heavy atom. The zero-order valence-corrected chi connectivity index (χ0v) is 22.7. The molecular formula is C30H39F3N2O4. The lowest BCUT2D eigenvalue weighted by molar-refractivity contribution is -0.152. The number of halogens is 3. The molecular weight excluding hydrogens is 509 g/mol. The Labute approximate surface area is 228 Å². The van der Waals surface area contributed by atoms with Crippen molar-refractivity contribution in [2.45, 2.75) is 75.4 Å². The lowest BCUT2D eigenvalue weighted by atomic mass is 9.79. The number of hydrogen-bond donors (Lipinski definition) is 1. The van der Waals surface area contributed by atoms with E-state index < -0.39 is 47.9 Å². The van der Waals surface area contributed by atoms with Crippen molar-refractivity contribution in [1.29, 1.82) is 0 Å². The van der Waals surface area contributed by atoms with Gasteiger partial charge < -0.3 is 19.6 Å². The molecule has 6 nitrogen and oxygen atoms in total. The van der Waals surface area contributed by atoms with Crippen molar-refractivity contribution >= 4 is 11.9 Å². The number of rotatable bonds is 10. The summed E-state index contributed by atoms with van der Waals surface area (Å²) < 4.78 is 51.0. The fourth-order valence-electron chi connectivity index (χ4n) is 5.81. The molecule has 4 unspecified atom stereocenters. The summed E-state index contributed by atoms with van der Waals surface area (Å²) in [5.74, 6) is -2.39. The standard InChI is InChI=1S/C30H39F3N2O4/c1-3-29(32,4-2)20-34-15-12-21(13-16-34)19-39-24-10-8-22(9-11-24)25-7-5-6-14-30(25,33)28(38)35-18-23(31)17-26(35)27(36)37/h5-11,14,21,23,25-26H,3-4,12-13,15-20H2,1-2H3,(H,36,37). The maximum absolute atomic E-state index is 16.3. The molecule has 2 aliphatic heterocycles. The lowest BCUT2D eigenvalue weighted by Crippen LogP contribution is -2.52. The summed E-state index contributed by atoms with van der Waals surface area (Å²) in [5.41, 5.74) is -3.13. The van der Waals surface area contributed by atoms with E-state index in [9.17, 15) is 23.5 Å². The Morgan fingerprint density at radius 1 is 1.13 bits per heavy atom. The van der Waals surface area contributed by atoms with Gasteiger partial charge in [-0.15, -0.1) is 0 Å². The first-order chi connectivity index (χ1) is 18.6. The van der Waals surface area contributed by atoms with E-state index in [0.717, 1.165) is 36.9 Å². The van der Waals surface area contributed by atoms with Crippen molar-refractivity contribution in [1.82, 2.24) is 9.80 Å². The predicted molar refractivity (Wildman–Crippen MR) is 143 cm³/mol. The van der Waals surface area contributed by atoms with E-state index in [1.165, 1.54) is 6.08 Å². The number of allylic oxidation sites excluding steroid dienone is 3. The van der Waals surface area contributed by atoms with Crippen molar-refractivity contribution in [2.24, 2.45) is 5.92 Å². The Bertz CT molecular complexity index is 1070. The summed E-state index contributed by atoms with van der Waals surface area (Å²) in [7, 11) is 0. The quantitative estimate of drug-likeness (QED) is 0.433. The number of benzene rings is 1. The zero-order chi connectivity index (χ0) is 28.2. The van der Waals surface area contributed by atoms with Crippen LogP contribution in [0.15, 0.2) is 48.6 Å². The van der Waals surface area contributed by atoms with Crippen molar-refractivity contribution in [3.63, 3.8) is 0 Å². The third kappa shape index (κ3) is 6.51. The van der Waals surface area contributed by atoms with Crippen LogP contribution in [0, 0.1) is 5.92 Å². The first-order valence-corrected chi connectivity index (χ1v) is 14.0. The van der Waals surface area contributed by atoms with E-state index >= 15 is 4.39 Å². The number of likely N-dealkylation sites (tertiary alicyclic amines) is 2. The van der Waals surface area contributed by atoms with Crippen LogP contribution in [0.25, 0.3) is 0 Å². The molecule has 214 valence electrons. The average Bonchev–Trinajstić information content (AvgIpc) is 3.34. The summed E-state index contributed by atoms with van der Waals surface area (Å²) >= 11 is 0. The molecule has 0 spiro atoms. The van der Waals surface area contributed by atoms with Crippen molar-refractivity contribution in [3.8, 4) is 5.75 Å². The Hall–Kier alpha value is -2.81. The Kier molecular flexibility index (Phi) is 9.09. The summed E-state index contributed by atoms with van der Waals surface area (Å²) in [6.07, 6.45) is 6.78. The van der Waals surface area contributed by atoms with Gasteiger partial charge >= 0.3 is 5.97 Å². The van der Waals surface area contributed by atoms with Gasteiger partial charge in [-0.3, -0.25) is 4.79 Å². The smallest absolute Gasteiger partial charge is 0.326 e. The second kappa shape index (κ2) is 12.1. The third-order valence-electron chi connectivity index (χ3n) is 8.54. The summed E-state index contributed by atoms with van der Waals surface area (Å²) in [6, 6.07) is 5.46. The largest absolute Gasteiger partial charge is 0.493 e. The highest BCUT2D eigenvalue weighted by Crippen LogP contribution is 2.40. The van der Waals surface area contributed by atoms with Crippen LogP contribution in [0.5, 0.6) is 5.75 Å².